The van der Waals surface area contributed by atoms with Crippen LogP contribution in [0.2, 0.25) is 0 Å². The molecule has 0 saturated carbocycles. The third kappa shape index (κ3) is 4.82. The fourth-order valence-electron chi connectivity index (χ4n) is 3.23. The number of H-pyrrole nitrogens is 1. The Morgan fingerprint density at radius 1 is 1.24 bits per heavy atom. The van der Waals surface area contributed by atoms with Gasteiger partial charge >= 0.3 is 17.8 Å². The number of rotatable bonds is 6. The van der Waals surface area contributed by atoms with Crippen LogP contribution < -0.4 is 16.6 Å². The maximum Gasteiger partial charge on any atom is 0.435 e. The minimum Gasteiger partial charge on any atom is -0.462 e. The number of para-hydroxylation sites is 1. The van der Waals surface area contributed by atoms with Gasteiger partial charge in [-0.05, 0) is 25.0 Å². The highest BCUT2D eigenvalue weighted by Crippen LogP contribution is 2.37. The predicted octanol–water partition coefficient (Wildman–Crippen LogP) is 3.18. The third-order valence-corrected chi connectivity index (χ3v) is 5.55. The van der Waals surface area contributed by atoms with E-state index in [4.69, 9.17) is 0 Å². The van der Waals surface area contributed by atoms with Crippen molar-refractivity contribution in [1.29, 1.82) is 0 Å². The van der Waals surface area contributed by atoms with Gasteiger partial charge in [0.2, 0.25) is 5.91 Å². The van der Waals surface area contributed by atoms with Crippen LogP contribution >= 0.6 is 11.3 Å². The quantitative estimate of drug-likeness (QED) is 0.518. The second-order valence-corrected chi connectivity index (χ2v) is 8.24. The number of nitrogens with one attached hydrogen (secondary N) is 2. The Morgan fingerprint density at radius 3 is 2.52 bits per heavy atom. The number of hydrogen-bond donors (Lipinski definition) is 2. The lowest BCUT2D eigenvalue weighted by Crippen LogP contribution is -2.44. The first-order chi connectivity index (χ1) is 15.5. The first-order valence-corrected chi connectivity index (χ1v) is 10.6. The summed E-state index contributed by atoms with van der Waals surface area (Å²) in [6, 6.07) is 4.84. The van der Waals surface area contributed by atoms with Crippen molar-refractivity contribution in [2.45, 2.75) is 33.0 Å². The van der Waals surface area contributed by atoms with Crippen molar-refractivity contribution < 1.29 is 27.5 Å². The molecule has 1 unspecified atom stereocenters. The van der Waals surface area contributed by atoms with Gasteiger partial charge in [0.15, 0.2) is 10.8 Å². The molecule has 0 aliphatic heterocycles. The molecular formula is C20H19F3N4O5S. The van der Waals surface area contributed by atoms with E-state index in [2.05, 4.69) is 20.0 Å². The largest absolute Gasteiger partial charge is 0.462 e. The first kappa shape index (κ1) is 24.2. The molecule has 0 radical (unpaired) electrons. The molecule has 0 spiro atoms. The van der Waals surface area contributed by atoms with E-state index in [0.29, 0.717) is 4.57 Å². The molecule has 0 aliphatic carbocycles. The van der Waals surface area contributed by atoms with Crippen LogP contribution in [0.5, 0.6) is 0 Å². The average molecular weight is 484 g/mol. The molecule has 1 aromatic carbocycles. The zero-order valence-corrected chi connectivity index (χ0v) is 18.5. The topological polar surface area (TPSA) is 123 Å². The van der Waals surface area contributed by atoms with E-state index in [0.717, 1.165) is 0 Å². The van der Waals surface area contributed by atoms with Crippen LogP contribution in [0.1, 0.15) is 42.2 Å². The van der Waals surface area contributed by atoms with Gasteiger partial charge in [-0.1, -0.05) is 37.3 Å². The lowest BCUT2D eigenvalue weighted by molar-refractivity contribution is -0.141. The number of benzene rings is 1. The number of esters is 1. The van der Waals surface area contributed by atoms with E-state index in [1.807, 2.05) is 0 Å². The Balaban J connectivity index is 2.04. The number of ether oxygens (including phenoxy) is 1. The van der Waals surface area contributed by atoms with Crippen molar-refractivity contribution in [2.75, 3.05) is 11.9 Å². The van der Waals surface area contributed by atoms with E-state index >= 15 is 0 Å². The molecule has 0 fully saturated rings. The van der Waals surface area contributed by atoms with Crippen LogP contribution in [0.3, 0.4) is 0 Å². The third-order valence-electron chi connectivity index (χ3n) is 4.60. The van der Waals surface area contributed by atoms with Crippen LogP contribution in [-0.2, 0) is 15.7 Å². The molecule has 0 bridgehead atoms. The fraction of sp³-hybridized carbons (Fsp3) is 0.350. The summed E-state index contributed by atoms with van der Waals surface area (Å²) in [7, 11) is 0. The predicted molar refractivity (Wildman–Crippen MR) is 114 cm³/mol. The minimum atomic E-state index is -4.97. The number of aromatic amines is 1. The molecular weight excluding hydrogens is 465 g/mol. The average Bonchev–Trinajstić information content (AvgIpc) is 3.15. The van der Waals surface area contributed by atoms with Crippen molar-refractivity contribution in [3.05, 3.63) is 55.7 Å². The number of thiazole rings is 1. The lowest BCUT2D eigenvalue weighted by Gasteiger charge is -2.21. The minimum absolute atomic E-state index is 0.154. The summed E-state index contributed by atoms with van der Waals surface area (Å²) in [5.74, 6) is -2.77. The molecule has 1 atom stereocenters. The van der Waals surface area contributed by atoms with Gasteiger partial charge < -0.3 is 15.0 Å². The van der Waals surface area contributed by atoms with Crippen LogP contribution in [0.25, 0.3) is 10.9 Å². The number of alkyl halides is 3. The van der Waals surface area contributed by atoms with Gasteiger partial charge in [0.05, 0.1) is 17.5 Å². The van der Waals surface area contributed by atoms with Gasteiger partial charge in [0.1, 0.15) is 10.9 Å². The van der Waals surface area contributed by atoms with Gasteiger partial charge in [-0.15, -0.1) is 0 Å². The second-order valence-electron chi connectivity index (χ2n) is 7.24. The lowest BCUT2D eigenvalue weighted by atomic mass is 10.0. The number of fused-ring (bicyclic) bond motifs is 1. The Bertz CT molecular complexity index is 1330. The Labute approximate surface area is 188 Å². The van der Waals surface area contributed by atoms with Crippen LogP contribution in [0, 0.1) is 5.92 Å². The van der Waals surface area contributed by atoms with Gasteiger partial charge in [0, 0.05) is 0 Å². The summed E-state index contributed by atoms with van der Waals surface area (Å²) in [4.78, 5) is 55.5. The van der Waals surface area contributed by atoms with E-state index < -0.39 is 57.0 Å². The zero-order valence-electron chi connectivity index (χ0n) is 17.6. The number of carbonyl (C=O) groups excluding carboxylic acids is 2. The molecule has 176 valence electrons. The molecule has 9 nitrogen and oxygen atoms in total. The summed E-state index contributed by atoms with van der Waals surface area (Å²) in [5, 5.41) is 1.84. The van der Waals surface area contributed by atoms with E-state index in [1.165, 1.54) is 19.1 Å². The molecule has 2 heterocycles. The number of anilines is 1. The second kappa shape index (κ2) is 9.17. The summed E-state index contributed by atoms with van der Waals surface area (Å²) in [6.45, 7) is 4.41. The molecule has 3 rings (SSSR count). The van der Waals surface area contributed by atoms with Crippen molar-refractivity contribution in [1.82, 2.24) is 14.5 Å². The Morgan fingerprint density at radius 2 is 1.91 bits per heavy atom. The van der Waals surface area contributed by atoms with Gasteiger partial charge in [0.25, 0.3) is 5.56 Å². The molecule has 13 heteroatoms. The molecule has 3 aromatic rings. The monoisotopic (exact) mass is 484 g/mol. The number of hydrogen-bond acceptors (Lipinski definition) is 7. The maximum absolute atomic E-state index is 13.3. The highest BCUT2D eigenvalue weighted by Gasteiger charge is 2.41. The summed E-state index contributed by atoms with van der Waals surface area (Å²) in [6.07, 6.45) is -4.97. The van der Waals surface area contributed by atoms with Crippen molar-refractivity contribution in [2.24, 2.45) is 5.92 Å². The van der Waals surface area contributed by atoms with Gasteiger partial charge in [-0.2, -0.15) is 13.2 Å². The van der Waals surface area contributed by atoms with Crippen LogP contribution in [0.15, 0.2) is 33.9 Å². The van der Waals surface area contributed by atoms with Crippen molar-refractivity contribution >= 4 is 39.2 Å². The fourth-order valence-corrected chi connectivity index (χ4v) is 4.11. The Hall–Kier alpha value is -3.48. The van der Waals surface area contributed by atoms with Crippen molar-refractivity contribution in [3.8, 4) is 0 Å². The zero-order chi connectivity index (χ0) is 24.5. The number of amides is 1. The summed E-state index contributed by atoms with van der Waals surface area (Å²) >= 11 is 0.287. The van der Waals surface area contributed by atoms with Gasteiger partial charge in [-0.25, -0.2) is 19.1 Å². The molecule has 2 aromatic heterocycles. The maximum atomic E-state index is 13.3. The van der Waals surface area contributed by atoms with E-state index in [1.54, 1.807) is 26.0 Å². The van der Waals surface area contributed by atoms with Crippen LogP contribution in [-0.4, -0.2) is 33.0 Å². The van der Waals surface area contributed by atoms with E-state index in [-0.39, 0.29) is 28.8 Å². The van der Waals surface area contributed by atoms with E-state index in [9.17, 15) is 32.3 Å². The van der Waals surface area contributed by atoms with Crippen LogP contribution in [0.4, 0.5) is 18.3 Å². The highest BCUT2D eigenvalue weighted by molar-refractivity contribution is 7.17. The molecule has 2 N–H and O–H groups in total. The number of nitrogens with zero attached hydrogens (tertiary/aromatic N) is 2. The smallest absolute Gasteiger partial charge is 0.435 e. The highest BCUT2D eigenvalue weighted by atomic mass is 32.1. The van der Waals surface area contributed by atoms with Gasteiger partial charge in [-0.3, -0.25) is 9.59 Å². The molecule has 0 saturated heterocycles. The summed E-state index contributed by atoms with van der Waals surface area (Å²) in [5.41, 5.74) is -2.80. The first-order valence-electron chi connectivity index (χ1n) is 9.75. The normalized spacial score (nSPS) is 12.7. The number of aromatic nitrogens is 3. The SMILES string of the molecule is CCOC(=O)c1sc(NC(=O)C(C(C)C)n2c(=O)[nH]c3ccccc3c2=O)nc1C(F)(F)F. The summed E-state index contributed by atoms with van der Waals surface area (Å²) < 4.78 is 45.4. The molecule has 1 amide bonds. The number of halogens is 3. The van der Waals surface area contributed by atoms with Crippen molar-refractivity contribution in [3.63, 3.8) is 0 Å². The molecule has 33 heavy (non-hydrogen) atoms. The standard InChI is InChI=1S/C20H19F3N4O5S/c1-4-32-17(30)13-14(20(21,22)23)25-18(33-13)26-15(28)12(9(2)3)27-16(29)10-7-5-6-8-11(10)24-19(27)31/h5-9,12H,4H2,1-3H3,(H,24,31)(H,25,26,28). The molecule has 0 aliphatic rings. The Kier molecular flexibility index (Phi) is 6.72. The number of carbonyl (C=O) groups is 2.